The van der Waals surface area contributed by atoms with Crippen molar-refractivity contribution in [3.63, 3.8) is 0 Å². The Labute approximate surface area is 171 Å². The molecule has 5 rings (SSSR count). The van der Waals surface area contributed by atoms with Crippen molar-refractivity contribution < 1.29 is 19.1 Å². The van der Waals surface area contributed by atoms with Crippen molar-refractivity contribution in [2.45, 2.75) is 56.2 Å². The molecule has 1 amide bonds. The third kappa shape index (κ3) is 3.16. The number of likely N-dealkylation sites (tertiary alicyclic amines) is 1. The zero-order chi connectivity index (χ0) is 18.5. The van der Waals surface area contributed by atoms with E-state index in [-0.39, 0.29) is 29.8 Å². The number of piperidine rings is 1. The molecule has 4 aliphatic rings. The Morgan fingerprint density at radius 2 is 1.93 bits per heavy atom. The lowest BCUT2D eigenvalue weighted by Gasteiger charge is -2.43. The van der Waals surface area contributed by atoms with E-state index in [4.69, 9.17) is 9.47 Å². The van der Waals surface area contributed by atoms with Gasteiger partial charge >= 0.3 is 6.16 Å². The number of nitrogens with one attached hydrogen (secondary N) is 1. The smallest absolute Gasteiger partial charge is 0.430 e. The van der Waals surface area contributed by atoms with Crippen LogP contribution in [0.3, 0.4) is 0 Å². The van der Waals surface area contributed by atoms with Gasteiger partial charge in [0.2, 0.25) is 5.91 Å². The van der Waals surface area contributed by atoms with Crippen LogP contribution in [0.1, 0.15) is 37.7 Å². The van der Waals surface area contributed by atoms with Gasteiger partial charge in [-0.15, -0.1) is 12.4 Å². The molecule has 0 aliphatic carbocycles. The number of fused-ring (bicyclic) bond motifs is 2. The predicted octanol–water partition coefficient (Wildman–Crippen LogP) is 2.69. The van der Waals surface area contributed by atoms with E-state index >= 15 is 0 Å². The summed E-state index contributed by atoms with van der Waals surface area (Å²) < 4.78 is 10.4. The van der Waals surface area contributed by atoms with E-state index in [1.54, 1.807) is 0 Å². The Balaban J connectivity index is 0.00000192. The van der Waals surface area contributed by atoms with Crippen LogP contribution in [0.25, 0.3) is 0 Å². The number of benzene rings is 1. The fourth-order valence-electron chi connectivity index (χ4n) is 5.57. The summed E-state index contributed by atoms with van der Waals surface area (Å²) in [6, 6.07) is 11.1. The lowest BCUT2D eigenvalue weighted by molar-refractivity contribution is -0.147. The molecular formula is C21H27ClN2O4. The summed E-state index contributed by atoms with van der Waals surface area (Å²) in [5.74, 6) is 0.270. The minimum absolute atomic E-state index is 0. The monoisotopic (exact) mass is 406 g/mol. The Bertz CT molecular complexity index is 750. The van der Waals surface area contributed by atoms with Gasteiger partial charge < -0.3 is 19.7 Å². The highest BCUT2D eigenvalue weighted by molar-refractivity contribution is 5.85. The minimum Gasteiger partial charge on any atom is -0.430 e. The fraction of sp³-hybridized carbons (Fsp3) is 0.619. The zero-order valence-corrected chi connectivity index (χ0v) is 16.7. The fourth-order valence-corrected chi connectivity index (χ4v) is 5.57. The third-order valence-electron chi connectivity index (χ3n) is 7.02. The first-order chi connectivity index (χ1) is 13.1. The second-order valence-corrected chi connectivity index (χ2v) is 8.63. The third-order valence-corrected chi connectivity index (χ3v) is 7.02. The summed E-state index contributed by atoms with van der Waals surface area (Å²) in [6.07, 6.45) is 4.71. The average Bonchev–Trinajstić information content (AvgIpc) is 3.38. The number of nitrogens with zero attached hydrogens (tertiary/aromatic N) is 1. The van der Waals surface area contributed by atoms with Gasteiger partial charge in [0.15, 0.2) is 5.60 Å². The number of hydrogen-bond donors (Lipinski definition) is 1. The van der Waals surface area contributed by atoms with Gasteiger partial charge in [0, 0.05) is 38.0 Å². The van der Waals surface area contributed by atoms with Gasteiger partial charge in [-0.3, -0.25) is 4.79 Å². The first-order valence-electron chi connectivity index (χ1n) is 10.0. The molecule has 1 aromatic rings. The molecule has 3 atom stereocenters. The van der Waals surface area contributed by atoms with Crippen LogP contribution in [-0.4, -0.2) is 54.3 Å². The van der Waals surface area contributed by atoms with E-state index in [0.717, 1.165) is 19.3 Å². The Morgan fingerprint density at radius 3 is 2.50 bits per heavy atom. The molecule has 0 aromatic heterocycles. The van der Waals surface area contributed by atoms with Gasteiger partial charge in [-0.05, 0) is 31.2 Å². The number of cyclic esters (lactones) is 1. The van der Waals surface area contributed by atoms with Crippen molar-refractivity contribution in [1.82, 2.24) is 10.2 Å². The van der Waals surface area contributed by atoms with Gasteiger partial charge in [-0.1, -0.05) is 30.3 Å². The number of rotatable bonds is 3. The minimum atomic E-state index is -0.576. The molecule has 28 heavy (non-hydrogen) atoms. The maximum atomic E-state index is 13.7. The molecule has 2 bridgehead atoms. The predicted molar refractivity (Wildman–Crippen MR) is 105 cm³/mol. The molecule has 4 aliphatic heterocycles. The maximum Gasteiger partial charge on any atom is 0.509 e. The van der Waals surface area contributed by atoms with Gasteiger partial charge in [0.25, 0.3) is 0 Å². The SMILES string of the molecule is Cl.O=C1OCC2(CCN(C(=O)[C@]3(Cc4ccccc4)C[C@@H]4CC[C@H]3N4)CC2)O1. The van der Waals surface area contributed by atoms with Crippen molar-refractivity contribution in [1.29, 1.82) is 0 Å². The van der Waals surface area contributed by atoms with Gasteiger partial charge in [0.1, 0.15) is 6.61 Å². The van der Waals surface area contributed by atoms with Crippen molar-refractivity contribution in [2.75, 3.05) is 19.7 Å². The summed E-state index contributed by atoms with van der Waals surface area (Å²) in [5.41, 5.74) is 0.358. The summed E-state index contributed by atoms with van der Waals surface area (Å²) in [6.45, 7) is 1.57. The summed E-state index contributed by atoms with van der Waals surface area (Å²) >= 11 is 0. The van der Waals surface area contributed by atoms with E-state index in [1.165, 1.54) is 12.0 Å². The first-order valence-corrected chi connectivity index (χ1v) is 10.0. The highest BCUT2D eigenvalue weighted by atomic mass is 35.5. The average molecular weight is 407 g/mol. The highest BCUT2D eigenvalue weighted by Gasteiger charge is 2.57. The van der Waals surface area contributed by atoms with Crippen molar-refractivity contribution in [3.05, 3.63) is 35.9 Å². The van der Waals surface area contributed by atoms with Crippen LogP contribution in [0.5, 0.6) is 0 Å². The summed E-state index contributed by atoms with van der Waals surface area (Å²) in [4.78, 5) is 27.1. The Morgan fingerprint density at radius 1 is 1.18 bits per heavy atom. The number of halogens is 1. The quantitative estimate of drug-likeness (QED) is 0.782. The molecule has 4 heterocycles. The maximum absolute atomic E-state index is 13.7. The van der Waals surface area contributed by atoms with Crippen molar-refractivity contribution >= 4 is 24.5 Å². The molecule has 7 heteroatoms. The normalized spacial score (nSPS) is 32.7. The number of hydrogen-bond acceptors (Lipinski definition) is 5. The van der Waals surface area contributed by atoms with Crippen molar-refractivity contribution in [2.24, 2.45) is 5.41 Å². The van der Waals surface area contributed by atoms with Gasteiger partial charge in [-0.25, -0.2) is 4.79 Å². The molecule has 0 saturated carbocycles. The Hall–Kier alpha value is -1.79. The van der Waals surface area contributed by atoms with E-state index in [1.807, 2.05) is 23.1 Å². The molecule has 0 unspecified atom stereocenters. The number of ether oxygens (including phenoxy) is 2. The standard InChI is InChI=1S/C21H26N2O4.ClH/c24-18(23-10-8-20(9-11-23)14-26-19(25)27-20)21(12-15-4-2-1-3-5-15)13-16-6-7-17(21)22-16;/h1-5,16-17,22H,6-14H2;1H/t16-,17+,21+;/m0./s1. The van der Waals surface area contributed by atoms with Crippen LogP contribution >= 0.6 is 12.4 Å². The van der Waals surface area contributed by atoms with Crippen LogP contribution in [0.4, 0.5) is 4.79 Å². The van der Waals surface area contributed by atoms with Gasteiger partial charge in [0.05, 0.1) is 5.41 Å². The number of carbonyl (C=O) groups excluding carboxylic acids is 2. The van der Waals surface area contributed by atoms with Crippen molar-refractivity contribution in [3.8, 4) is 0 Å². The van der Waals surface area contributed by atoms with Crippen LogP contribution in [0, 0.1) is 5.41 Å². The van der Waals surface area contributed by atoms with Crippen LogP contribution < -0.4 is 5.32 Å². The molecule has 0 radical (unpaired) electrons. The Kier molecular flexibility index (Phi) is 5.04. The molecule has 1 spiro atoms. The molecule has 152 valence electrons. The highest BCUT2D eigenvalue weighted by Crippen LogP contribution is 2.47. The van der Waals surface area contributed by atoms with E-state index in [0.29, 0.717) is 38.6 Å². The molecular weight excluding hydrogens is 380 g/mol. The largest absolute Gasteiger partial charge is 0.509 e. The molecule has 1 N–H and O–H groups in total. The molecule has 4 saturated heterocycles. The zero-order valence-electron chi connectivity index (χ0n) is 15.9. The number of amides is 1. The summed E-state index contributed by atoms with van der Waals surface area (Å²) in [5, 5.41) is 3.68. The molecule has 6 nitrogen and oxygen atoms in total. The van der Waals surface area contributed by atoms with E-state index in [2.05, 4.69) is 17.4 Å². The van der Waals surface area contributed by atoms with E-state index < -0.39 is 11.8 Å². The van der Waals surface area contributed by atoms with Crippen LogP contribution in [0.2, 0.25) is 0 Å². The van der Waals surface area contributed by atoms with E-state index in [9.17, 15) is 9.59 Å². The lowest BCUT2D eigenvalue weighted by atomic mass is 9.68. The summed E-state index contributed by atoms with van der Waals surface area (Å²) in [7, 11) is 0. The second-order valence-electron chi connectivity index (χ2n) is 8.63. The molecule has 1 aromatic carbocycles. The van der Waals surface area contributed by atoms with Crippen LogP contribution in [0.15, 0.2) is 30.3 Å². The first kappa shape index (κ1) is 19.5. The molecule has 4 fully saturated rings. The van der Waals surface area contributed by atoms with Crippen LogP contribution in [-0.2, 0) is 20.7 Å². The second kappa shape index (κ2) is 7.23. The van der Waals surface area contributed by atoms with Gasteiger partial charge in [-0.2, -0.15) is 0 Å². The lowest BCUT2D eigenvalue weighted by Crippen LogP contribution is -2.56. The topological polar surface area (TPSA) is 67.9 Å². The number of carbonyl (C=O) groups is 2.